The maximum Gasteiger partial charge on any atom is 0.220 e. The molecule has 0 aromatic carbocycles. The Morgan fingerprint density at radius 1 is 0.432 bits per heavy atom. The van der Waals surface area contributed by atoms with E-state index in [-0.39, 0.29) is 12.5 Å². The van der Waals surface area contributed by atoms with E-state index in [0.29, 0.717) is 12.8 Å². The Morgan fingerprint density at radius 2 is 0.765 bits per heavy atom. The van der Waals surface area contributed by atoms with Gasteiger partial charge in [0.15, 0.2) is 6.29 Å². The Hall–Kier alpha value is -1.85. The average Bonchev–Trinajstić information content (AvgIpc) is 3.48. The summed E-state index contributed by atoms with van der Waals surface area (Å²) in [6.07, 6.45) is 76.1. The lowest BCUT2D eigenvalue weighted by atomic mass is 9.99. The van der Waals surface area contributed by atoms with Crippen molar-refractivity contribution in [2.24, 2.45) is 0 Å². The lowest BCUT2D eigenvalue weighted by Crippen LogP contribution is -2.60. The molecule has 7 unspecified atom stereocenters. The second-order valence-corrected chi connectivity index (χ2v) is 24.7. The van der Waals surface area contributed by atoms with Gasteiger partial charge in [-0.1, -0.05) is 339 Å². The minimum absolute atomic E-state index is 0.134. The minimum Gasteiger partial charge on any atom is -0.394 e. The number of hydrogen-bond acceptors (Lipinski definition) is 8. The van der Waals surface area contributed by atoms with E-state index in [0.717, 1.165) is 64.2 Å². The zero-order valence-electron chi connectivity index (χ0n) is 53.3. The topological polar surface area (TPSA) is 149 Å². The van der Waals surface area contributed by atoms with Crippen molar-refractivity contribution in [2.45, 2.75) is 391 Å². The molecule has 0 radical (unpaired) electrons. The van der Waals surface area contributed by atoms with Crippen LogP contribution in [0.2, 0.25) is 0 Å². The molecule has 0 bridgehead atoms. The number of aliphatic hydroxyl groups excluding tert-OH is 5. The summed E-state index contributed by atoms with van der Waals surface area (Å²) in [5, 5.41) is 54.9. The normalized spacial score (nSPS) is 18.6. The molecule has 0 aromatic heterocycles. The minimum atomic E-state index is -1.55. The Bertz CT molecular complexity index is 1420. The molecule has 0 aromatic rings. The van der Waals surface area contributed by atoms with Gasteiger partial charge in [0.1, 0.15) is 24.4 Å². The van der Waals surface area contributed by atoms with Gasteiger partial charge in [-0.2, -0.15) is 0 Å². The molecule has 0 spiro atoms. The van der Waals surface area contributed by atoms with Crippen molar-refractivity contribution in [1.82, 2.24) is 5.32 Å². The van der Waals surface area contributed by atoms with E-state index in [1.54, 1.807) is 0 Å². The second-order valence-electron chi connectivity index (χ2n) is 24.7. The first-order chi connectivity index (χ1) is 39.8. The van der Waals surface area contributed by atoms with Crippen LogP contribution in [0.15, 0.2) is 48.6 Å². The predicted molar refractivity (Wildman–Crippen MR) is 346 cm³/mol. The fraction of sp³-hybridized carbons (Fsp3) is 0.875. The highest BCUT2D eigenvalue weighted by molar-refractivity contribution is 5.76. The summed E-state index contributed by atoms with van der Waals surface area (Å²) in [4.78, 5) is 13.2. The fourth-order valence-electron chi connectivity index (χ4n) is 11.5. The molecule has 1 amide bonds. The average molecular weight is 1140 g/mol. The van der Waals surface area contributed by atoms with E-state index in [1.807, 2.05) is 0 Å². The van der Waals surface area contributed by atoms with Gasteiger partial charge in [-0.05, 0) is 51.4 Å². The van der Waals surface area contributed by atoms with Crippen LogP contribution in [-0.2, 0) is 14.3 Å². The molecule has 476 valence electrons. The monoisotopic (exact) mass is 1140 g/mol. The van der Waals surface area contributed by atoms with Gasteiger partial charge >= 0.3 is 0 Å². The van der Waals surface area contributed by atoms with E-state index in [1.165, 1.54) is 257 Å². The van der Waals surface area contributed by atoms with Crippen molar-refractivity contribution in [1.29, 1.82) is 0 Å². The number of carbonyl (C=O) groups excluding carboxylic acids is 1. The molecule has 0 aliphatic carbocycles. The summed E-state index contributed by atoms with van der Waals surface area (Å²) in [6.45, 7) is 3.78. The fourth-order valence-corrected chi connectivity index (χ4v) is 11.5. The van der Waals surface area contributed by atoms with Gasteiger partial charge in [0, 0.05) is 6.42 Å². The zero-order chi connectivity index (χ0) is 58.6. The van der Waals surface area contributed by atoms with E-state index in [2.05, 4.69) is 67.8 Å². The van der Waals surface area contributed by atoms with Crippen LogP contribution >= 0.6 is 0 Å². The third-order valence-electron chi connectivity index (χ3n) is 16.9. The third-order valence-corrected chi connectivity index (χ3v) is 16.9. The third kappa shape index (κ3) is 50.1. The summed E-state index contributed by atoms with van der Waals surface area (Å²) in [6, 6.07) is -0.719. The second kappa shape index (κ2) is 61.2. The smallest absolute Gasteiger partial charge is 0.220 e. The van der Waals surface area contributed by atoms with Crippen molar-refractivity contribution < 1.29 is 39.8 Å². The predicted octanol–water partition coefficient (Wildman–Crippen LogP) is 19.2. The van der Waals surface area contributed by atoms with Crippen LogP contribution in [0.25, 0.3) is 0 Å². The quantitative estimate of drug-likeness (QED) is 0.0261. The van der Waals surface area contributed by atoms with E-state index >= 15 is 0 Å². The Balaban J connectivity index is 2.08. The maximum absolute atomic E-state index is 13.2. The van der Waals surface area contributed by atoms with Crippen molar-refractivity contribution >= 4 is 5.91 Å². The molecular formula is C72H135NO8. The summed E-state index contributed by atoms with van der Waals surface area (Å²) >= 11 is 0. The van der Waals surface area contributed by atoms with Gasteiger partial charge in [-0.15, -0.1) is 0 Å². The molecule has 1 aliphatic heterocycles. The molecule has 1 heterocycles. The standard InChI is InChI=1S/C72H135NO8/c1-3-5-7-9-11-13-15-17-19-21-23-25-27-28-29-30-31-32-33-34-35-36-37-38-40-42-44-46-48-50-52-54-56-58-60-62-68(76)73-65(64-80-72-71(79)70(78)69(77)67(63-74)81-72)66(75)61-59-57-55-53-51-49-47-45-43-41-39-26-24-22-20-18-16-14-12-10-8-6-4-2/h5,7,11,13,17,19,23,25,65-67,69-72,74-75,77-79H,3-4,6,8-10,12,14-16,18,20-22,24,26-64H2,1-2H3,(H,73,76)/b7-5-,13-11-,19-17-,25-23-. The number of nitrogens with one attached hydrogen (secondary N) is 1. The van der Waals surface area contributed by atoms with Crippen molar-refractivity contribution in [3.05, 3.63) is 48.6 Å². The summed E-state index contributed by atoms with van der Waals surface area (Å²) in [5.74, 6) is -0.137. The van der Waals surface area contributed by atoms with Gasteiger partial charge in [-0.25, -0.2) is 0 Å². The van der Waals surface area contributed by atoms with Gasteiger partial charge in [0.25, 0.3) is 0 Å². The van der Waals surface area contributed by atoms with E-state index in [4.69, 9.17) is 9.47 Å². The Morgan fingerprint density at radius 3 is 1.14 bits per heavy atom. The number of allylic oxidation sites excluding steroid dienone is 8. The molecule has 1 saturated heterocycles. The van der Waals surface area contributed by atoms with Crippen molar-refractivity contribution in [2.75, 3.05) is 13.2 Å². The van der Waals surface area contributed by atoms with Crippen LogP contribution < -0.4 is 5.32 Å². The van der Waals surface area contributed by atoms with E-state index < -0.39 is 49.5 Å². The van der Waals surface area contributed by atoms with Crippen molar-refractivity contribution in [3.63, 3.8) is 0 Å². The van der Waals surface area contributed by atoms with Gasteiger partial charge in [0.05, 0.1) is 25.4 Å². The number of ether oxygens (including phenoxy) is 2. The van der Waals surface area contributed by atoms with Gasteiger partial charge in [-0.3, -0.25) is 4.79 Å². The highest BCUT2D eigenvalue weighted by Crippen LogP contribution is 2.24. The van der Waals surface area contributed by atoms with Crippen LogP contribution in [0.1, 0.15) is 348 Å². The first-order valence-electron chi connectivity index (χ1n) is 35.3. The zero-order valence-corrected chi connectivity index (χ0v) is 53.3. The van der Waals surface area contributed by atoms with Crippen LogP contribution in [0.5, 0.6) is 0 Å². The van der Waals surface area contributed by atoms with Crippen LogP contribution in [0.4, 0.5) is 0 Å². The van der Waals surface area contributed by atoms with Crippen LogP contribution in [0.3, 0.4) is 0 Å². The molecule has 1 aliphatic rings. The molecule has 9 nitrogen and oxygen atoms in total. The first-order valence-corrected chi connectivity index (χ1v) is 35.3. The SMILES string of the molecule is CC/C=C\C/C=C\C/C=C\C/C=C\CCCCCCCCCCCCCCCCCCCCCCCCC(=O)NC(COC1OC(CO)C(O)C(O)C1O)C(O)CCCCCCCCCCCCCCCCCCCCCCCCC. The van der Waals surface area contributed by atoms with Gasteiger partial charge in [0.2, 0.25) is 5.91 Å². The Labute approximate surface area is 501 Å². The molecule has 0 saturated carbocycles. The lowest BCUT2D eigenvalue weighted by Gasteiger charge is -2.40. The van der Waals surface area contributed by atoms with Crippen LogP contribution in [-0.4, -0.2) is 87.5 Å². The van der Waals surface area contributed by atoms with Crippen molar-refractivity contribution in [3.8, 4) is 0 Å². The maximum atomic E-state index is 13.2. The molecular weight excluding hydrogens is 1010 g/mol. The number of aliphatic hydroxyl groups is 5. The first kappa shape index (κ1) is 77.2. The Kier molecular flexibility index (Phi) is 58.3. The molecule has 1 rings (SSSR count). The van der Waals surface area contributed by atoms with Crippen LogP contribution in [0, 0.1) is 0 Å². The number of hydrogen-bond donors (Lipinski definition) is 6. The molecule has 1 fully saturated rings. The number of rotatable bonds is 62. The highest BCUT2D eigenvalue weighted by Gasteiger charge is 2.44. The number of carbonyl (C=O) groups is 1. The summed E-state index contributed by atoms with van der Waals surface area (Å²) < 4.78 is 11.4. The lowest BCUT2D eigenvalue weighted by molar-refractivity contribution is -0.302. The number of amides is 1. The molecule has 9 heteroatoms. The summed E-state index contributed by atoms with van der Waals surface area (Å²) in [5.41, 5.74) is 0. The molecule has 81 heavy (non-hydrogen) atoms. The van der Waals surface area contributed by atoms with Gasteiger partial charge < -0.3 is 40.3 Å². The summed E-state index contributed by atoms with van der Waals surface area (Å²) in [7, 11) is 0. The van der Waals surface area contributed by atoms with E-state index in [9.17, 15) is 30.3 Å². The molecule has 6 N–H and O–H groups in total. The molecule has 7 atom stereocenters. The highest BCUT2D eigenvalue weighted by atomic mass is 16.7. The largest absolute Gasteiger partial charge is 0.394 e. The number of unbranched alkanes of at least 4 members (excludes halogenated alkanes) is 44.